The molecule has 0 saturated carbocycles. The maximum Gasteiger partial charge on any atom is 0.307 e. The van der Waals surface area contributed by atoms with E-state index in [0.717, 1.165) is 19.6 Å². The van der Waals surface area contributed by atoms with Crippen molar-refractivity contribution in [2.24, 2.45) is 5.41 Å². The van der Waals surface area contributed by atoms with E-state index in [-0.39, 0.29) is 5.97 Å². The molecule has 0 spiro atoms. The second-order valence-electron chi connectivity index (χ2n) is 5.10. The van der Waals surface area contributed by atoms with Crippen molar-refractivity contribution in [3.8, 4) is 0 Å². The molecule has 100 valence electrons. The number of carbonyl (C=O) groups excluding carboxylic acids is 1. The topological polar surface area (TPSA) is 29.5 Å². The number of piperidine rings is 1. The molecule has 1 saturated heterocycles. The highest BCUT2D eigenvalue weighted by Crippen LogP contribution is 2.37. The molecule has 0 amide bonds. The van der Waals surface area contributed by atoms with Gasteiger partial charge in [0.15, 0.2) is 0 Å². The first-order chi connectivity index (χ1) is 8.15. The van der Waals surface area contributed by atoms with Crippen molar-refractivity contribution in [1.82, 2.24) is 4.90 Å². The number of hydrogen-bond donors (Lipinski definition) is 0. The van der Waals surface area contributed by atoms with E-state index in [1.807, 2.05) is 6.92 Å². The summed E-state index contributed by atoms with van der Waals surface area (Å²) in [5.74, 6) is -0.0599. The van der Waals surface area contributed by atoms with E-state index < -0.39 is 0 Å². The lowest BCUT2D eigenvalue weighted by molar-refractivity contribution is -0.143. The second kappa shape index (κ2) is 7.00. The Morgan fingerprint density at radius 1 is 1.18 bits per heavy atom. The van der Waals surface area contributed by atoms with Crippen molar-refractivity contribution < 1.29 is 9.53 Å². The fourth-order valence-corrected chi connectivity index (χ4v) is 2.69. The molecule has 1 heterocycles. The quantitative estimate of drug-likeness (QED) is 0.670. The third kappa shape index (κ3) is 4.30. The monoisotopic (exact) mass is 241 g/mol. The van der Waals surface area contributed by atoms with Crippen LogP contribution in [0.1, 0.15) is 52.9 Å². The molecule has 1 rings (SSSR count). The van der Waals surface area contributed by atoms with Gasteiger partial charge >= 0.3 is 5.97 Å². The van der Waals surface area contributed by atoms with Crippen LogP contribution in [-0.2, 0) is 9.53 Å². The van der Waals surface area contributed by atoms with Gasteiger partial charge in [-0.05, 0) is 38.3 Å². The van der Waals surface area contributed by atoms with Crippen LogP contribution in [0.2, 0.25) is 0 Å². The molecule has 0 radical (unpaired) electrons. The number of carbonyl (C=O) groups is 1. The molecule has 1 fully saturated rings. The molecule has 0 aromatic rings. The van der Waals surface area contributed by atoms with Gasteiger partial charge in [-0.2, -0.15) is 0 Å². The van der Waals surface area contributed by atoms with Gasteiger partial charge in [-0.15, -0.1) is 0 Å². The van der Waals surface area contributed by atoms with Crippen LogP contribution >= 0.6 is 0 Å². The van der Waals surface area contributed by atoms with Crippen molar-refractivity contribution in [2.45, 2.75) is 52.9 Å². The van der Waals surface area contributed by atoms with Crippen LogP contribution < -0.4 is 0 Å². The van der Waals surface area contributed by atoms with Crippen molar-refractivity contribution >= 4 is 5.97 Å². The van der Waals surface area contributed by atoms with Crippen LogP contribution in [0.5, 0.6) is 0 Å². The molecule has 0 aromatic carbocycles. The highest BCUT2D eigenvalue weighted by molar-refractivity contribution is 5.69. The van der Waals surface area contributed by atoms with Crippen LogP contribution in [-0.4, -0.2) is 37.1 Å². The van der Waals surface area contributed by atoms with Crippen molar-refractivity contribution in [3.63, 3.8) is 0 Å². The SMILES string of the molecule is CCOC(=O)CCN1CCC(CC)(CC)CC1. The Labute approximate surface area is 106 Å². The average molecular weight is 241 g/mol. The zero-order chi connectivity index (χ0) is 12.7. The molecule has 1 aliphatic heterocycles. The van der Waals surface area contributed by atoms with Crippen LogP contribution in [0.3, 0.4) is 0 Å². The van der Waals surface area contributed by atoms with E-state index in [0.29, 0.717) is 18.4 Å². The van der Waals surface area contributed by atoms with E-state index in [1.165, 1.54) is 25.7 Å². The smallest absolute Gasteiger partial charge is 0.307 e. The van der Waals surface area contributed by atoms with Crippen molar-refractivity contribution in [1.29, 1.82) is 0 Å². The average Bonchev–Trinajstić information content (AvgIpc) is 2.37. The molecular formula is C14H27NO2. The summed E-state index contributed by atoms with van der Waals surface area (Å²) in [4.78, 5) is 13.7. The Kier molecular flexibility index (Phi) is 5.96. The van der Waals surface area contributed by atoms with E-state index in [4.69, 9.17) is 4.74 Å². The lowest BCUT2D eigenvalue weighted by Crippen LogP contribution is -2.40. The summed E-state index contributed by atoms with van der Waals surface area (Å²) in [6, 6.07) is 0. The summed E-state index contributed by atoms with van der Waals surface area (Å²) in [6.07, 6.45) is 5.68. The third-order valence-corrected chi connectivity index (χ3v) is 4.35. The number of esters is 1. The first-order valence-electron chi connectivity index (χ1n) is 7.03. The zero-order valence-electron chi connectivity index (χ0n) is 11.6. The second-order valence-corrected chi connectivity index (χ2v) is 5.10. The Hall–Kier alpha value is -0.570. The van der Waals surface area contributed by atoms with Crippen LogP contribution in [0.15, 0.2) is 0 Å². The summed E-state index contributed by atoms with van der Waals surface area (Å²) in [5.41, 5.74) is 0.570. The number of rotatable bonds is 6. The molecule has 0 bridgehead atoms. The molecule has 0 aromatic heterocycles. The maximum absolute atomic E-state index is 11.3. The van der Waals surface area contributed by atoms with Gasteiger partial charge in [0, 0.05) is 6.54 Å². The predicted molar refractivity (Wildman–Crippen MR) is 69.9 cm³/mol. The van der Waals surface area contributed by atoms with Gasteiger partial charge in [0.1, 0.15) is 0 Å². The van der Waals surface area contributed by atoms with Gasteiger partial charge in [-0.1, -0.05) is 26.7 Å². The molecule has 0 unspecified atom stereocenters. The molecule has 17 heavy (non-hydrogen) atoms. The van der Waals surface area contributed by atoms with Crippen LogP contribution in [0.25, 0.3) is 0 Å². The minimum Gasteiger partial charge on any atom is -0.466 e. The van der Waals surface area contributed by atoms with E-state index >= 15 is 0 Å². The van der Waals surface area contributed by atoms with Crippen molar-refractivity contribution in [2.75, 3.05) is 26.2 Å². The normalized spacial score (nSPS) is 20.2. The lowest BCUT2D eigenvalue weighted by Gasteiger charge is -2.41. The number of likely N-dealkylation sites (tertiary alicyclic amines) is 1. The lowest BCUT2D eigenvalue weighted by atomic mass is 9.74. The largest absolute Gasteiger partial charge is 0.466 e. The summed E-state index contributed by atoms with van der Waals surface area (Å²) >= 11 is 0. The zero-order valence-corrected chi connectivity index (χ0v) is 11.6. The first-order valence-corrected chi connectivity index (χ1v) is 7.03. The number of ether oxygens (including phenoxy) is 1. The fourth-order valence-electron chi connectivity index (χ4n) is 2.69. The molecule has 0 N–H and O–H groups in total. The van der Waals surface area contributed by atoms with Crippen molar-refractivity contribution in [3.05, 3.63) is 0 Å². The van der Waals surface area contributed by atoms with Gasteiger partial charge in [-0.3, -0.25) is 4.79 Å². The summed E-state index contributed by atoms with van der Waals surface area (Å²) < 4.78 is 4.95. The third-order valence-electron chi connectivity index (χ3n) is 4.35. The van der Waals surface area contributed by atoms with Gasteiger partial charge in [-0.25, -0.2) is 0 Å². The minimum atomic E-state index is -0.0599. The highest BCUT2D eigenvalue weighted by atomic mass is 16.5. The summed E-state index contributed by atoms with van der Waals surface area (Å²) in [7, 11) is 0. The molecular weight excluding hydrogens is 214 g/mol. The van der Waals surface area contributed by atoms with E-state index in [1.54, 1.807) is 0 Å². The maximum atomic E-state index is 11.3. The highest BCUT2D eigenvalue weighted by Gasteiger charge is 2.30. The predicted octanol–water partition coefficient (Wildman–Crippen LogP) is 2.84. The Balaban J connectivity index is 2.25. The summed E-state index contributed by atoms with van der Waals surface area (Å²) in [6.45, 7) is 10.1. The standard InChI is InChI=1S/C14H27NO2/c1-4-14(5-2)8-11-15(12-9-14)10-7-13(16)17-6-3/h4-12H2,1-3H3. The summed E-state index contributed by atoms with van der Waals surface area (Å²) in [5, 5.41) is 0. The molecule has 0 aliphatic carbocycles. The minimum absolute atomic E-state index is 0.0599. The van der Waals surface area contributed by atoms with Crippen LogP contribution in [0, 0.1) is 5.41 Å². The van der Waals surface area contributed by atoms with E-state index in [2.05, 4.69) is 18.7 Å². The van der Waals surface area contributed by atoms with E-state index in [9.17, 15) is 4.79 Å². The Bertz CT molecular complexity index is 226. The van der Waals surface area contributed by atoms with Gasteiger partial charge in [0.2, 0.25) is 0 Å². The Morgan fingerprint density at radius 2 is 1.76 bits per heavy atom. The molecule has 0 atom stereocenters. The first kappa shape index (κ1) is 14.5. The Morgan fingerprint density at radius 3 is 2.24 bits per heavy atom. The number of nitrogens with zero attached hydrogens (tertiary/aromatic N) is 1. The molecule has 3 heteroatoms. The van der Waals surface area contributed by atoms with Gasteiger partial charge < -0.3 is 9.64 Å². The fraction of sp³-hybridized carbons (Fsp3) is 0.929. The molecule has 3 nitrogen and oxygen atoms in total. The van der Waals surface area contributed by atoms with Crippen LogP contribution in [0.4, 0.5) is 0 Å². The van der Waals surface area contributed by atoms with Gasteiger partial charge in [0.25, 0.3) is 0 Å². The molecule has 1 aliphatic rings. The number of hydrogen-bond acceptors (Lipinski definition) is 3. The van der Waals surface area contributed by atoms with Gasteiger partial charge in [0.05, 0.1) is 13.0 Å².